The third-order valence-corrected chi connectivity index (χ3v) is 5.56. The van der Waals surface area contributed by atoms with Crippen molar-refractivity contribution >= 4 is 11.3 Å². The zero-order valence-corrected chi connectivity index (χ0v) is 14.1. The second-order valence-corrected chi connectivity index (χ2v) is 7.38. The van der Waals surface area contributed by atoms with Gasteiger partial charge in [-0.05, 0) is 42.2 Å². The molecular weight excluding hydrogens is 323 g/mol. The summed E-state index contributed by atoms with van der Waals surface area (Å²) in [7, 11) is 0. The Hall–Kier alpha value is -2.05. The van der Waals surface area contributed by atoms with Crippen molar-refractivity contribution in [1.29, 1.82) is 0 Å². The fourth-order valence-corrected chi connectivity index (χ4v) is 4.14. The Morgan fingerprint density at radius 3 is 3.17 bits per heavy atom. The van der Waals surface area contributed by atoms with Gasteiger partial charge in [0.05, 0.1) is 0 Å². The molecule has 0 radical (unpaired) electrons. The highest BCUT2D eigenvalue weighted by molar-refractivity contribution is 7.15. The van der Waals surface area contributed by atoms with Gasteiger partial charge in [-0.25, -0.2) is 4.39 Å². The highest BCUT2D eigenvalue weighted by Crippen LogP contribution is 2.28. The summed E-state index contributed by atoms with van der Waals surface area (Å²) in [5, 5.41) is 11.6. The predicted octanol–water partition coefficient (Wildman–Crippen LogP) is 3.50. The summed E-state index contributed by atoms with van der Waals surface area (Å²) in [4.78, 5) is 2.38. The zero-order chi connectivity index (χ0) is 16.4. The van der Waals surface area contributed by atoms with Gasteiger partial charge in [0.2, 0.25) is 0 Å². The Morgan fingerprint density at radius 2 is 2.25 bits per heavy atom. The Morgan fingerprint density at radius 1 is 1.29 bits per heavy atom. The number of hydrogen-bond acceptors (Lipinski definition) is 4. The third kappa shape index (κ3) is 3.39. The first kappa shape index (κ1) is 15.5. The maximum absolute atomic E-state index is 13.3. The molecule has 2 aromatic heterocycles. The van der Waals surface area contributed by atoms with Crippen molar-refractivity contribution < 1.29 is 4.39 Å². The maximum Gasteiger partial charge on any atom is 0.132 e. The van der Waals surface area contributed by atoms with Crippen LogP contribution in [0.25, 0.3) is 10.4 Å². The van der Waals surface area contributed by atoms with E-state index < -0.39 is 0 Å². The SMILES string of the molecule is Fc1cccc(-c2ccc(CNC[C@@H]3CCc4nncn4C3)s2)c1. The molecule has 0 saturated carbocycles. The van der Waals surface area contributed by atoms with E-state index in [2.05, 4.69) is 32.2 Å². The van der Waals surface area contributed by atoms with Crippen molar-refractivity contribution in [3.05, 3.63) is 59.2 Å². The van der Waals surface area contributed by atoms with Gasteiger partial charge in [-0.1, -0.05) is 12.1 Å². The minimum atomic E-state index is -0.189. The molecule has 0 amide bonds. The summed E-state index contributed by atoms with van der Waals surface area (Å²) in [6.45, 7) is 2.84. The minimum absolute atomic E-state index is 0.189. The van der Waals surface area contributed by atoms with Gasteiger partial charge < -0.3 is 9.88 Å². The van der Waals surface area contributed by atoms with Crippen LogP contribution in [0.4, 0.5) is 4.39 Å². The quantitative estimate of drug-likeness (QED) is 0.772. The Bertz CT molecular complexity index is 826. The van der Waals surface area contributed by atoms with E-state index in [1.165, 1.54) is 10.9 Å². The van der Waals surface area contributed by atoms with E-state index in [0.29, 0.717) is 5.92 Å². The van der Waals surface area contributed by atoms with Crippen LogP contribution >= 0.6 is 11.3 Å². The van der Waals surface area contributed by atoms with Crippen LogP contribution in [0.5, 0.6) is 0 Å². The standard InChI is InChI=1S/C18H19FN4S/c19-15-3-1-2-14(8-15)17-6-5-16(24-17)10-20-9-13-4-7-18-22-21-12-23(18)11-13/h1-3,5-6,8,12-13,20H,4,7,9-11H2/t13-/m0/s1. The van der Waals surface area contributed by atoms with Gasteiger partial charge >= 0.3 is 0 Å². The van der Waals surface area contributed by atoms with Crippen LogP contribution in [0.15, 0.2) is 42.7 Å². The summed E-state index contributed by atoms with van der Waals surface area (Å²) < 4.78 is 15.5. The predicted molar refractivity (Wildman–Crippen MR) is 93.3 cm³/mol. The summed E-state index contributed by atoms with van der Waals surface area (Å²) in [6.07, 6.45) is 3.99. The molecule has 1 atom stereocenters. The van der Waals surface area contributed by atoms with Crippen LogP contribution in [0.3, 0.4) is 0 Å². The van der Waals surface area contributed by atoms with Crippen LogP contribution in [0.1, 0.15) is 17.1 Å². The van der Waals surface area contributed by atoms with Gasteiger partial charge in [0.1, 0.15) is 18.0 Å². The first-order chi connectivity index (χ1) is 11.8. The largest absolute Gasteiger partial charge is 0.317 e. The summed E-state index contributed by atoms with van der Waals surface area (Å²) >= 11 is 1.72. The van der Waals surface area contributed by atoms with E-state index in [-0.39, 0.29) is 5.82 Å². The molecule has 24 heavy (non-hydrogen) atoms. The smallest absolute Gasteiger partial charge is 0.132 e. The highest BCUT2D eigenvalue weighted by atomic mass is 32.1. The number of nitrogens with one attached hydrogen (secondary N) is 1. The number of rotatable bonds is 5. The van der Waals surface area contributed by atoms with Crippen molar-refractivity contribution in [2.75, 3.05) is 6.54 Å². The molecule has 1 N–H and O–H groups in total. The topological polar surface area (TPSA) is 42.7 Å². The van der Waals surface area contributed by atoms with Crippen molar-refractivity contribution in [1.82, 2.24) is 20.1 Å². The van der Waals surface area contributed by atoms with E-state index in [0.717, 1.165) is 48.7 Å². The summed E-state index contributed by atoms with van der Waals surface area (Å²) in [5.74, 6) is 1.53. The van der Waals surface area contributed by atoms with Gasteiger partial charge in [-0.2, -0.15) is 0 Å². The number of halogens is 1. The fraction of sp³-hybridized carbons (Fsp3) is 0.333. The number of fused-ring (bicyclic) bond motifs is 1. The molecule has 0 saturated heterocycles. The molecule has 6 heteroatoms. The van der Waals surface area contributed by atoms with Crippen molar-refractivity contribution in [2.24, 2.45) is 5.92 Å². The average molecular weight is 342 g/mol. The normalized spacial score (nSPS) is 17.0. The number of aromatic nitrogens is 3. The lowest BCUT2D eigenvalue weighted by molar-refractivity contribution is 0.348. The second kappa shape index (κ2) is 6.83. The molecule has 4 rings (SSSR count). The molecule has 1 aliphatic rings. The van der Waals surface area contributed by atoms with E-state index >= 15 is 0 Å². The molecular formula is C18H19FN4S. The lowest BCUT2D eigenvalue weighted by Crippen LogP contribution is -2.29. The molecule has 124 valence electrons. The van der Waals surface area contributed by atoms with Crippen LogP contribution in [-0.2, 0) is 19.5 Å². The van der Waals surface area contributed by atoms with Crippen molar-refractivity contribution in [3.63, 3.8) is 0 Å². The molecule has 4 nitrogen and oxygen atoms in total. The van der Waals surface area contributed by atoms with Gasteiger partial charge in [0.15, 0.2) is 0 Å². The molecule has 0 bridgehead atoms. The van der Waals surface area contributed by atoms with Crippen LogP contribution in [0.2, 0.25) is 0 Å². The monoisotopic (exact) mass is 342 g/mol. The van der Waals surface area contributed by atoms with Gasteiger partial charge in [-0.3, -0.25) is 0 Å². The van der Waals surface area contributed by atoms with Crippen LogP contribution < -0.4 is 5.32 Å². The Balaban J connectivity index is 1.31. The molecule has 0 unspecified atom stereocenters. The Kier molecular flexibility index (Phi) is 4.40. The maximum atomic E-state index is 13.3. The van der Waals surface area contributed by atoms with Crippen molar-refractivity contribution in [2.45, 2.75) is 25.9 Å². The molecule has 3 aromatic rings. The number of hydrogen-bond donors (Lipinski definition) is 1. The molecule has 0 aliphatic carbocycles. The van der Waals surface area contributed by atoms with E-state index in [9.17, 15) is 4.39 Å². The van der Waals surface area contributed by atoms with Crippen molar-refractivity contribution in [3.8, 4) is 10.4 Å². The first-order valence-corrected chi connectivity index (χ1v) is 9.01. The third-order valence-electron chi connectivity index (χ3n) is 4.43. The fourth-order valence-electron chi connectivity index (χ4n) is 3.16. The number of nitrogens with zero attached hydrogens (tertiary/aromatic N) is 3. The number of thiophene rings is 1. The lowest BCUT2D eigenvalue weighted by Gasteiger charge is -2.23. The van der Waals surface area contributed by atoms with Gasteiger partial charge in [-0.15, -0.1) is 21.5 Å². The summed E-state index contributed by atoms with van der Waals surface area (Å²) in [5.41, 5.74) is 0.943. The molecule has 3 heterocycles. The minimum Gasteiger partial charge on any atom is -0.317 e. The van der Waals surface area contributed by atoms with Gasteiger partial charge in [0.25, 0.3) is 0 Å². The number of aryl methyl sites for hydroxylation is 1. The molecule has 1 aliphatic heterocycles. The molecule has 1 aromatic carbocycles. The molecule has 0 spiro atoms. The lowest BCUT2D eigenvalue weighted by atomic mass is 9.99. The summed E-state index contributed by atoms with van der Waals surface area (Å²) in [6, 6.07) is 11.0. The molecule has 0 fully saturated rings. The van der Waals surface area contributed by atoms with E-state index in [1.807, 2.05) is 12.4 Å². The van der Waals surface area contributed by atoms with E-state index in [1.54, 1.807) is 23.5 Å². The zero-order valence-electron chi connectivity index (χ0n) is 13.3. The second-order valence-electron chi connectivity index (χ2n) is 6.21. The average Bonchev–Trinajstić information content (AvgIpc) is 3.23. The number of benzene rings is 1. The van der Waals surface area contributed by atoms with Crippen LogP contribution in [-0.4, -0.2) is 21.3 Å². The van der Waals surface area contributed by atoms with E-state index in [4.69, 9.17) is 0 Å². The highest BCUT2D eigenvalue weighted by Gasteiger charge is 2.19. The first-order valence-electron chi connectivity index (χ1n) is 8.20. The van der Waals surface area contributed by atoms with Crippen LogP contribution in [0, 0.1) is 11.7 Å². The van der Waals surface area contributed by atoms with Gasteiger partial charge in [0, 0.05) is 35.8 Å². The Labute approximate surface area is 144 Å².